The third-order valence-corrected chi connectivity index (χ3v) is 5.25. The molecule has 6 heteroatoms. The summed E-state index contributed by atoms with van der Waals surface area (Å²) >= 11 is 0. The van der Waals surface area contributed by atoms with Gasteiger partial charge in [-0.3, -0.25) is 0 Å². The van der Waals surface area contributed by atoms with Gasteiger partial charge in [-0.25, -0.2) is 13.6 Å². The molecule has 0 radical (unpaired) electrons. The smallest absolute Gasteiger partial charge is 0.238 e. The fraction of sp³-hybridized carbons (Fsp3) is 0.333. The van der Waals surface area contributed by atoms with E-state index in [1.165, 1.54) is 22.8 Å². The zero-order valence-corrected chi connectivity index (χ0v) is 14.5. The van der Waals surface area contributed by atoms with Crippen LogP contribution in [0.1, 0.15) is 41.6 Å². The van der Waals surface area contributed by atoms with Crippen LogP contribution in [0.2, 0.25) is 0 Å². The van der Waals surface area contributed by atoms with Gasteiger partial charge in [0.2, 0.25) is 10.0 Å². The largest absolute Gasteiger partial charge is 0.372 e. The van der Waals surface area contributed by atoms with Crippen molar-refractivity contribution in [1.29, 1.82) is 0 Å². The third kappa shape index (κ3) is 3.84. The number of hydrogen-bond donors (Lipinski definition) is 2. The Bertz CT molecular complexity index is 834. The molecule has 3 N–H and O–H groups in total. The molecule has 0 bridgehead atoms. The van der Waals surface area contributed by atoms with Gasteiger partial charge in [0, 0.05) is 12.6 Å². The molecular weight excluding hydrogens is 324 g/mol. The molecule has 0 fully saturated rings. The maximum Gasteiger partial charge on any atom is 0.238 e. The summed E-state index contributed by atoms with van der Waals surface area (Å²) in [7, 11) is -3.68. The van der Waals surface area contributed by atoms with Crippen LogP contribution in [0.15, 0.2) is 47.4 Å². The predicted molar refractivity (Wildman–Crippen MR) is 92.6 cm³/mol. The van der Waals surface area contributed by atoms with Crippen LogP contribution in [0.25, 0.3) is 0 Å². The van der Waals surface area contributed by atoms with Crippen molar-refractivity contribution in [1.82, 2.24) is 5.32 Å². The number of sulfonamides is 1. The predicted octanol–water partition coefficient (Wildman–Crippen LogP) is 2.61. The van der Waals surface area contributed by atoms with E-state index in [2.05, 4.69) is 30.4 Å². The van der Waals surface area contributed by atoms with Crippen molar-refractivity contribution < 1.29 is 13.2 Å². The number of ether oxygens (including phenoxy) is 1. The van der Waals surface area contributed by atoms with E-state index < -0.39 is 10.0 Å². The van der Waals surface area contributed by atoms with Crippen molar-refractivity contribution in [2.45, 2.75) is 44.0 Å². The molecule has 1 atom stereocenters. The second-order valence-corrected chi connectivity index (χ2v) is 7.62. The van der Waals surface area contributed by atoms with E-state index in [-0.39, 0.29) is 10.9 Å². The molecule has 3 rings (SSSR count). The number of nitrogens with two attached hydrogens (primary N) is 1. The molecule has 0 unspecified atom stereocenters. The first kappa shape index (κ1) is 17.1. The SMILES string of the molecule is CC[C@@H](NCc1ccc2c(c1)COC2)c1cccc(S(N)(=O)=O)c1. The summed E-state index contributed by atoms with van der Waals surface area (Å²) in [5.74, 6) is 0. The molecule has 2 aromatic rings. The van der Waals surface area contributed by atoms with Gasteiger partial charge >= 0.3 is 0 Å². The number of primary sulfonamides is 1. The number of hydrogen-bond acceptors (Lipinski definition) is 4. The molecule has 128 valence electrons. The first-order valence-corrected chi connectivity index (χ1v) is 9.56. The number of benzene rings is 2. The van der Waals surface area contributed by atoms with Gasteiger partial charge in [0.1, 0.15) is 0 Å². The molecule has 0 saturated carbocycles. The maximum atomic E-state index is 11.5. The van der Waals surface area contributed by atoms with Crippen molar-refractivity contribution in [2.24, 2.45) is 5.14 Å². The Balaban J connectivity index is 1.73. The number of nitrogens with one attached hydrogen (secondary N) is 1. The summed E-state index contributed by atoms with van der Waals surface area (Å²) in [6.07, 6.45) is 0.849. The fourth-order valence-electron chi connectivity index (χ4n) is 2.98. The summed E-state index contributed by atoms with van der Waals surface area (Å²) in [4.78, 5) is 0.148. The van der Waals surface area contributed by atoms with E-state index in [9.17, 15) is 8.42 Å². The molecule has 1 aliphatic rings. The molecule has 0 spiro atoms. The van der Waals surface area contributed by atoms with Crippen LogP contribution < -0.4 is 10.5 Å². The van der Waals surface area contributed by atoms with Gasteiger partial charge in [0.25, 0.3) is 0 Å². The average Bonchev–Trinajstić information content (AvgIpc) is 3.02. The van der Waals surface area contributed by atoms with Gasteiger partial charge in [-0.15, -0.1) is 0 Å². The lowest BCUT2D eigenvalue weighted by Crippen LogP contribution is -2.21. The monoisotopic (exact) mass is 346 g/mol. The Morgan fingerprint density at radius 1 is 1.17 bits per heavy atom. The summed E-state index contributed by atoms with van der Waals surface area (Å²) in [5.41, 5.74) is 4.62. The summed E-state index contributed by atoms with van der Waals surface area (Å²) < 4.78 is 28.5. The standard InChI is InChI=1S/C18H22N2O3S/c1-2-18(14-4-3-5-17(9-14)24(19,21)22)20-10-13-6-7-15-11-23-12-16(15)8-13/h3-9,18,20H,2,10-12H2,1H3,(H2,19,21,22)/t18-/m1/s1. The molecule has 2 aromatic carbocycles. The molecule has 0 aromatic heterocycles. The van der Waals surface area contributed by atoms with Crippen LogP contribution in [0, 0.1) is 0 Å². The zero-order valence-electron chi connectivity index (χ0n) is 13.7. The molecule has 0 saturated heterocycles. The first-order chi connectivity index (χ1) is 11.5. The van der Waals surface area contributed by atoms with Gasteiger partial charge in [-0.1, -0.05) is 37.3 Å². The lowest BCUT2D eigenvalue weighted by Gasteiger charge is -2.18. The Kier molecular flexibility index (Phi) is 5.01. The van der Waals surface area contributed by atoms with E-state index in [1.807, 2.05) is 6.07 Å². The summed E-state index contributed by atoms with van der Waals surface area (Å²) in [5, 5.41) is 8.72. The highest BCUT2D eigenvalue weighted by molar-refractivity contribution is 7.89. The van der Waals surface area contributed by atoms with Crippen LogP contribution in [0.3, 0.4) is 0 Å². The van der Waals surface area contributed by atoms with Crippen LogP contribution in [0.5, 0.6) is 0 Å². The maximum absolute atomic E-state index is 11.5. The zero-order chi connectivity index (χ0) is 17.2. The van der Waals surface area contributed by atoms with Gasteiger partial charge in [-0.2, -0.15) is 0 Å². The second kappa shape index (κ2) is 7.03. The van der Waals surface area contributed by atoms with E-state index in [0.29, 0.717) is 19.8 Å². The lowest BCUT2D eigenvalue weighted by atomic mass is 10.0. The van der Waals surface area contributed by atoms with Crippen molar-refractivity contribution in [3.63, 3.8) is 0 Å². The molecule has 5 nitrogen and oxygen atoms in total. The highest BCUT2D eigenvalue weighted by Crippen LogP contribution is 2.23. The molecule has 0 amide bonds. The molecule has 1 aliphatic heterocycles. The summed E-state index contributed by atoms with van der Waals surface area (Å²) in [6.45, 7) is 4.15. The lowest BCUT2D eigenvalue weighted by molar-refractivity contribution is 0.134. The fourth-order valence-corrected chi connectivity index (χ4v) is 3.55. The Morgan fingerprint density at radius 2 is 1.96 bits per heavy atom. The van der Waals surface area contributed by atoms with Crippen LogP contribution in [0.4, 0.5) is 0 Å². The molecule has 1 heterocycles. The van der Waals surface area contributed by atoms with Crippen molar-refractivity contribution in [3.05, 3.63) is 64.7 Å². The van der Waals surface area contributed by atoms with Gasteiger partial charge in [0.15, 0.2) is 0 Å². The van der Waals surface area contributed by atoms with E-state index in [1.54, 1.807) is 12.1 Å². The molecule has 0 aliphatic carbocycles. The quantitative estimate of drug-likeness (QED) is 0.842. The molecular formula is C18H22N2O3S. The van der Waals surface area contributed by atoms with Crippen LogP contribution in [-0.4, -0.2) is 8.42 Å². The Morgan fingerprint density at radius 3 is 2.71 bits per heavy atom. The van der Waals surface area contributed by atoms with Crippen molar-refractivity contribution in [3.8, 4) is 0 Å². The van der Waals surface area contributed by atoms with Gasteiger partial charge in [-0.05, 0) is 40.8 Å². The van der Waals surface area contributed by atoms with Crippen LogP contribution >= 0.6 is 0 Å². The Labute approximate surface area is 142 Å². The number of rotatable bonds is 6. The molecule has 24 heavy (non-hydrogen) atoms. The number of fused-ring (bicyclic) bond motifs is 1. The van der Waals surface area contributed by atoms with E-state index >= 15 is 0 Å². The van der Waals surface area contributed by atoms with E-state index in [4.69, 9.17) is 9.88 Å². The minimum atomic E-state index is -3.68. The summed E-state index contributed by atoms with van der Waals surface area (Å²) in [6, 6.07) is 13.3. The average molecular weight is 346 g/mol. The Hall–Kier alpha value is -1.73. The second-order valence-electron chi connectivity index (χ2n) is 6.06. The van der Waals surface area contributed by atoms with Gasteiger partial charge < -0.3 is 10.1 Å². The topological polar surface area (TPSA) is 81.4 Å². The third-order valence-electron chi connectivity index (χ3n) is 4.34. The van der Waals surface area contributed by atoms with Crippen molar-refractivity contribution in [2.75, 3.05) is 0 Å². The highest BCUT2D eigenvalue weighted by Gasteiger charge is 2.15. The highest BCUT2D eigenvalue weighted by atomic mass is 32.2. The van der Waals surface area contributed by atoms with Gasteiger partial charge in [0.05, 0.1) is 18.1 Å². The normalized spacial score (nSPS) is 15.2. The minimum absolute atomic E-state index is 0.0659. The first-order valence-electron chi connectivity index (χ1n) is 8.02. The van der Waals surface area contributed by atoms with Crippen molar-refractivity contribution >= 4 is 10.0 Å². The van der Waals surface area contributed by atoms with Crippen LogP contribution in [-0.2, 0) is 34.5 Å². The minimum Gasteiger partial charge on any atom is -0.372 e. The van der Waals surface area contributed by atoms with E-state index in [0.717, 1.165) is 12.0 Å².